The van der Waals surface area contributed by atoms with E-state index in [1.807, 2.05) is 7.11 Å². The van der Waals surface area contributed by atoms with Gasteiger partial charge < -0.3 is 10.1 Å². The number of hydrogen-bond donors (Lipinski definition) is 1. The van der Waals surface area contributed by atoms with Gasteiger partial charge in [-0.1, -0.05) is 30.7 Å². The van der Waals surface area contributed by atoms with Crippen molar-refractivity contribution in [3.63, 3.8) is 0 Å². The van der Waals surface area contributed by atoms with E-state index in [4.69, 9.17) is 4.74 Å². The fourth-order valence-corrected chi connectivity index (χ4v) is 3.93. The van der Waals surface area contributed by atoms with Crippen molar-refractivity contribution in [2.45, 2.75) is 63.1 Å². The van der Waals surface area contributed by atoms with Gasteiger partial charge in [-0.05, 0) is 31.2 Å². The monoisotopic (exact) mass is 260 g/mol. The second-order valence-corrected chi connectivity index (χ2v) is 6.11. The number of benzene rings is 1. The molecule has 2 aliphatic carbocycles. The maximum Gasteiger partial charge on any atom is 0.113 e. The molecule has 0 saturated heterocycles. The predicted molar refractivity (Wildman–Crippen MR) is 77.1 cm³/mol. The number of ether oxygens (including phenoxy) is 1. The van der Waals surface area contributed by atoms with Gasteiger partial charge in [-0.25, -0.2) is 0 Å². The van der Waals surface area contributed by atoms with Crippen LogP contribution in [0.25, 0.3) is 0 Å². The Kier molecular flexibility index (Phi) is 4.19. The zero-order valence-corrected chi connectivity index (χ0v) is 12.0. The van der Waals surface area contributed by atoms with Crippen LogP contribution in [0.1, 0.15) is 55.7 Å². The summed E-state index contributed by atoms with van der Waals surface area (Å²) in [6.45, 7) is 0. The van der Waals surface area contributed by atoms with Crippen LogP contribution in [0.4, 0.5) is 0 Å². The lowest BCUT2D eigenvalue weighted by molar-refractivity contribution is -0.737. The third-order valence-corrected chi connectivity index (χ3v) is 4.95. The molecular formula is C17H26NO+. The molecule has 1 aromatic carbocycles. The summed E-state index contributed by atoms with van der Waals surface area (Å²) in [5.41, 5.74) is 3.15. The van der Waals surface area contributed by atoms with Gasteiger partial charge in [0.2, 0.25) is 0 Å². The van der Waals surface area contributed by atoms with E-state index in [0.717, 1.165) is 0 Å². The highest BCUT2D eigenvalue weighted by Crippen LogP contribution is 2.28. The Morgan fingerprint density at radius 3 is 2.79 bits per heavy atom. The summed E-state index contributed by atoms with van der Waals surface area (Å²) in [5.74, 6) is 0. The molecule has 3 atom stereocenters. The van der Waals surface area contributed by atoms with Gasteiger partial charge in [0.25, 0.3) is 0 Å². The fourth-order valence-electron chi connectivity index (χ4n) is 3.93. The Hall–Kier alpha value is -0.860. The second kappa shape index (κ2) is 6.06. The second-order valence-electron chi connectivity index (χ2n) is 6.11. The van der Waals surface area contributed by atoms with Crippen LogP contribution in [-0.2, 0) is 11.2 Å². The molecule has 1 fully saturated rings. The number of methoxy groups -OCH3 is 1. The van der Waals surface area contributed by atoms with Crippen LogP contribution < -0.4 is 5.32 Å². The summed E-state index contributed by atoms with van der Waals surface area (Å²) < 4.78 is 5.70. The minimum Gasteiger partial charge on any atom is -0.375 e. The van der Waals surface area contributed by atoms with Crippen LogP contribution in [0.3, 0.4) is 0 Å². The first kappa shape index (κ1) is 13.1. The van der Waals surface area contributed by atoms with Crippen LogP contribution in [0, 0.1) is 0 Å². The summed E-state index contributed by atoms with van der Waals surface area (Å²) in [5, 5.41) is 2.62. The first-order chi connectivity index (χ1) is 9.38. The third kappa shape index (κ3) is 2.85. The summed E-state index contributed by atoms with van der Waals surface area (Å²) in [6.07, 6.45) is 9.65. The molecule has 0 spiro atoms. The zero-order valence-electron chi connectivity index (χ0n) is 12.0. The van der Waals surface area contributed by atoms with E-state index in [2.05, 4.69) is 29.6 Å². The van der Waals surface area contributed by atoms with Crippen molar-refractivity contribution in [3.8, 4) is 0 Å². The first-order valence-electron chi connectivity index (χ1n) is 7.84. The highest BCUT2D eigenvalue weighted by atomic mass is 16.5. The van der Waals surface area contributed by atoms with Crippen LogP contribution in [0.2, 0.25) is 0 Å². The van der Waals surface area contributed by atoms with Crippen LogP contribution in [0.15, 0.2) is 24.3 Å². The van der Waals surface area contributed by atoms with Gasteiger partial charge in [-0.3, -0.25) is 0 Å². The Labute approximate surface area is 116 Å². The minimum atomic E-state index is 0.461. The molecule has 0 heterocycles. The van der Waals surface area contributed by atoms with Crippen molar-refractivity contribution in [2.75, 3.05) is 7.11 Å². The lowest BCUT2D eigenvalue weighted by Crippen LogP contribution is -2.93. The van der Waals surface area contributed by atoms with Gasteiger partial charge in [-0.15, -0.1) is 0 Å². The van der Waals surface area contributed by atoms with Crippen LogP contribution in [0.5, 0.6) is 0 Å². The van der Waals surface area contributed by atoms with Gasteiger partial charge in [0, 0.05) is 25.5 Å². The normalized spacial score (nSPS) is 30.9. The average molecular weight is 260 g/mol. The van der Waals surface area contributed by atoms with Crippen molar-refractivity contribution in [1.29, 1.82) is 0 Å². The molecule has 0 bridgehead atoms. The minimum absolute atomic E-state index is 0.461. The van der Waals surface area contributed by atoms with Gasteiger partial charge in [0.15, 0.2) is 0 Å². The fraction of sp³-hybridized carbons (Fsp3) is 0.647. The molecule has 0 aromatic heterocycles. The molecule has 0 radical (unpaired) electrons. The largest absolute Gasteiger partial charge is 0.375 e. The maximum atomic E-state index is 5.70. The van der Waals surface area contributed by atoms with E-state index in [0.29, 0.717) is 18.2 Å². The Morgan fingerprint density at radius 1 is 1.05 bits per heavy atom. The summed E-state index contributed by atoms with van der Waals surface area (Å²) in [4.78, 5) is 0. The topological polar surface area (TPSA) is 25.8 Å². The van der Waals surface area contributed by atoms with Gasteiger partial charge in [-0.2, -0.15) is 0 Å². The molecule has 1 saturated carbocycles. The number of rotatable bonds is 3. The van der Waals surface area contributed by atoms with E-state index >= 15 is 0 Å². The molecule has 0 aliphatic heterocycles. The molecule has 0 unspecified atom stereocenters. The van der Waals surface area contributed by atoms with Gasteiger partial charge in [0.1, 0.15) is 18.2 Å². The van der Waals surface area contributed by atoms with E-state index < -0.39 is 0 Å². The molecule has 2 aliphatic rings. The van der Waals surface area contributed by atoms with Gasteiger partial charge in [0.05, 0.1) is 0 Å². The van der Waals surface area contributed by atoms with Crippen molar-refractivity contribution in [3.05, 3.63) is 35.4 Å². The molecule has 2 N–H and O–H groups in total. The number of fused-ring (bicyclic) bond motifs is 1. The zero-order chi connectivity index (χ0) is 13.1. The van der Waals surface area contributed by atoms with Crippen molar-refractivity contribution < 1.29 is 10.1 Å². The molecule has 3 rings (SSSR count). The third-order valence-electron chi connectivity index (χ3n) is 4.95. The molecule has 2 nitrogen and oxygen atoms in total. The Morgan fingerprint density at radius 2 is 1.89 bits per heavy atom. The summed E-state index contributed by atoms with van der Waals surface area (Å²) >= 11 is 0. The molecule has 1 aromatic rings. The Balaban J connectivity index is 1.73. The standard InChI is InChI=1S/C17H25NO/c1-19-17-12-5-4-10-16(17)18-15-11-6-8-13-7-2-3-9-14(13)15/h2-3,7,9,15-18H,4-6,8,10-12H2,1H3/p+1/t15-,16-,17+/m1/s1. The highest BCUT2D eigenvalue weighted by Gasteiger charge is 2.32. The van der Waals surface area contributed by atoms with Crippen molar-refractivity contribution in [2.24, 2.45) is 0 Å². The van der Waals surface area contributed by atoms with Crippen LogP contribution >= 0.6 is 0 Å². The first-order valence-corrected chi connectivity index (χ1v) is 7.84. The molecular weight excluding hydrogens is 234 g/mol. The predicted octanol–water partition coefficient (Wildman–Crippen LogP) is 2.58. The van der Waals surface area contributed by atoms with E-state index in [9.17, 15) is 0 Å². The van der Waals surface area contributed by atoms with E-state index in [-0.39, 0.29) is 0 Å². The number of hydrogen-bond acceptors (Lipinski definition) is 1. The molecule has 104 valence electrons. The smallest absolute Gasteiger partial charge is 0.113 e. The number of nitrogens with two attached hydrogens (primary N) is 1. The highest BCUT2D eigenvalue weighted by molar-refractivity contribution is 5.30. The summed E-state index contributed by atoms with van der Waals surface area (Å²) in [7, 11) is 1.88. The molecule has 19 heavy (non-hydrogen) atoms. The molecule has 2 heteroatoms. The quantitative estimate of drug-likeness (QED) is 0.888. The number of aryl methyl sites for hydroxylation is 1. The van der Waals surface area contributed by atoms with E-state index in [1.54, 1.807) is 11.1 Å². The van der Waals surface area contributed by atoms with Crippen LogP contribution in [-0.4, -0.2) is 19.3 Å². The molecule has 0 amide bonds. The van der Waals surface area contributed by atoms with Crippen molar-refractivity contribution in [1.82, 2.24) is 0 Å². The lowest BCUT2D eigenvalue weighted by Gasteiger charge is -2.33. The maximum absolute atomic E-state index is 5.70. The SMILES string of the molecule is CO[C@H]1CCCC[C@H]1[NH2+][C@@H]1CCCc2ccccc21. The average Bonchev–Trinajstić information content (AvgIpc) is 2.48. The lowest BCUT2D eigenvalue weighted by atomic mass is 9.85. The number of quaternary nitrogens is 1. The Bertz CT molecular complexity index is 417. The summed E-state index contributed by atoms with van der Waals surface area (Å²) in [6, 6.07) is 10.3. The van der Waals surface area contributed by atoms with Crippen molar-refractivity contribution >= 4 is 0 Å². The van der Waals surface area contributed by atoms with Gasteiger partial charge >= 0.3 is 0 Å². The van der Waals surface area contributed by atoms with E-state index in [1.165, 1.54) is 44.9 Å².